The number of nitrogens with zero attached hydrogens (tertiary/aromatic N) is 3. The number of benzene rings is 1. The van der Waals surface area contributed by atoms with Gasteiger partial charge in [0.2, 0.25) is 5.13 Å². The number of aromatic nitrogens is 2. The molecule has 0 N–H and O–H groups in total. The first kappa shape index (κ1) is 17.2. The molecule has 1 heterocycles. The van der Waals surface area contributed by atoms with Crippen LogP contribution in [0.2, 0.25) is 0 Å². The van der Waals surface area contributed by atoms with E-state index in [0.29, 0.717) is 16.4 Å². The van der Waals surface area contributed by atoms with Gasteiger partial charge in [-0.1, -0.05) is 17.4 Å². The summed E-state index contributed by atoms with van der Waals surface area (Å²) >= 11 is 1.61. The summed E-state index contributed by atoms with van der Waals surface area (Å²) in [6, 6.07) is 7.25. The number of carbonyl (C=O) groups excluding carboxylic acids is 1. The molecule has 4 aliphatic carbocycles. The smallest absolute Gasteiger partial charge is 0.259 e. The summed E-state index contributed by atoms with van der Waals surface area (Å²) in [5.74, 6) is 3.22. The molecule has 4 fully saturated rings. The average molecular weight is 384 g/mol. The lowest BCUT2D eigenvalue weighted by molar-refractivity contribution is -0.00555. The maximum absolute atomic E-state index is 12.9. The van der Waals surface area contributed by atoms with Gasteiger partial charge in [-0.25, -0.2) is 0 Å². The lowest BCUT2D eigenvalue weighted by atomic mass is 9.50. The van der Waals surface area contributed by atoms with Gasteiger partial charge in [-0.15, -0.1) is 10.2 Å². The van der Waals surface area contributed by atoms with Gasteiger partial charge < -0.3 is 4.74 Å². The topological polar surface area (TPSA) is 55.3 Å². The summed E-state index contributed by atoms with van der Waals surface area (Å²) < 4.78 is 5.24. The molecule has 4 aliphatic rings. The van der Waals surface area contributed by atoms with Crippen LogP contribution in [0.3, 0.4) is 0 Å². The highest BCUT2D eigenvalue weighted by Gasteiger charge is 2.53. The van der Waals surface area contributed by atoms with Gasteiger partial charge in [-0.2, -0.15) is 0 Å². The Balaban J connectivity index is 1.39. The Hall–Kier alpha value is -1.95. The molecule has 0 saturated heterocycles. The highest BCUT2D eigenvalue weighted by Crippen LogP contribution is 2.61. The zero-order chi connectivity index (χ0) is 18.6. The van der Waals surface area contributed by atoms with Crippen LogP contribution in [0.15, 0.2) is 24.3 Å². The van der Waals surface area contributed by atoms with E-state index in [1.54, 1.807) is 36.5 Å². The minimum atomic E-state index is -0.0814. The van der Waals surface area contributed by atoms with Gasteiger partial charge in [0, 0.05) is 18.0 Å². The lowest BCUT2D eigenvalue weighted by Crippen LogP contribution is -2.48. The molecule has 4 bridgehead atoms. The van der Waals surface area contributed by atoms with Crippen LogP contribution in [0, 0.1) is 17.8 Å². The van der Waals surface area contributed by atoms with Gasteiger partial charge in [0.05, 0.1) is 7.11 Å². The molecule has 4 saturated carbocycles. The molecule has 2 aromatic rings. The van der Waals surface area contributed by atoms with Gasteiger partial charge in [0.25, 0.3) is 5.91 Å². The first-order chi connectivity index (χ1) is 13.1. The molecule has 0 radical (unpaired) electrons. The van der Waals surface area contributed by atoms with E-state index in [1.807, 2.05) is 18.2 Å². The molecule has 5 nitrogen and oxygen atoms in total. The number of hydrogen-bond acceptors (Lipinski definition) is 5. The largest absolute Gasteiger partial charge is 0.497 e. The molecular weight excluding hydrogens is 358 g/mol. The highest BCUT2D eigenvalue weighted by molar-refractivity contribution is 7.15. The number of hydrogen-bond donors (Lipinski definition) is 0. The SMILES string of the molecule is COc1cccc(C(=O)N(C)c2nnc(C34CC5CC(CC(C5)C3)C4)s2)c1. The van der Waals surface area contributed by atoms with Crippen LogP contribution in [0.4, 0.5) is 5.13 Å². The number of ether oxygens (including phenoxy) is 1. The summed E-state index contributed by atoms with van der Waals surface area (Å²) in [6.07, 6.45) is 8.04. The summed E-state index contributed by atoms with van der Waals surface area (Å²) in [7, 11) is 3.39. The molecule has 0 spiro atoms. The normalized spacial score (nSPS) is 31.1. The predicted molar refractivity (Wildman–Crippen MR) is 105 cm³/mol. The third-order valence-electron chi connectivity index (χ3n) is 6.81. The Morgan fingerprint density at radius 1 is 1.15 bits per heavy atom. The van der Waals surface area contributed by atoms with Gasteiger partial charge in [0.1, 0.15) is 10.8 Å². The van der Waals surface area contributed by atoms with Gasteiger partial charge in [-0.3, -0.25) is 9.69 Å². The first-order valence-corrected chi connectivity index (χ1v) is 10.6. The minimum Gasteiger partial charge on any atom is -0.497 e. The molecule has 0 unspecified atom stereocenters. The van der Waals surface area contributed by atoms with Crippen LogP contribution in [0.1, 0.15) is 53.9 Å². The van der Waals surface area contributed by atoms with Crippen LogP contribution in [-0.4, -0.2) is 30.3 Å². The van der Waals surface area contributed by atoms with E-state index in [-0.39, 0.29) is 11.3 Å². The maximum atomic E-state index is 12.9. The Morgan fingerprint density at radius 2 is 1.81 bits per heavy atom. The van der Waals surface area contributed by atoms with Crippen LogP contribution in [0.5, 0.6) is 5.75 Å². The van der Waals surface area contributed by atoms with E-state index in [2.05, 4.69) is 10.2 Å². The molecular formula is C21H25N3O2S. The van der Waals surface area contributed by atoms with E-state index >= 15 is 0 Å². The Kier molecular flexibility index (Phi) is 4.00. The molecule has 6 rings (SSSR count). The standard InChI is InChI=1S/C21H25N3O2S/c1-24(18(25)16-4-3-5-17(9-16)26-2)20-23-22-19(27-20)21-10-13-6-14(11-21)8-15(7-13)12-21/h3-5,9,13-15H,6-8,10-12H2,1-2H3. The summed E-state index contributed by atoms with van der Waals surface area (Å²) in [5.41, 5.74) is 0.827. The van der Waals surface area contributed by atoms with Crippen molar-refractivity contribution in [1.82, 2.24) is 10.2 Å². The Morgan fingerprint density at radius 3 is 2.44 bits per heavy atom. The molecule has 27 heavy (non-hydrogen) atoms. The molecule has 1 aromatic carbocycles. The molecule has 0 atom stereocenters. The van der Waals surface area contributed by atoms with Crippen molar-refractivity contribution in [1.29, 1.82) is 0 Å². The van der Waals surface area contributed by atoms with Crippen LogP contribution in [0.25, 0.3) is 0 Å². The fraction of sp³-hybridized carbons (Fsp3) is 0.571. The van der Waals surface area contributed by atoms with Crippen molar-refractivity contribution in [3.8, 4) is 5.75 Å². The average Bonchev–Trinajstić information content (AvgIpc) is 3.17. The van der Waals surface area contributed by atoms with Crippen LogP contribution in [-0.2, 0) is 5.41 Å². The van der Waals surface area contributed by atoms with Crippen molar-refractivity contribution in [3.05, 3.63) is 34.8 Å². The minimum absolute atomic E-state index is 0.0814. The van der Waals surface area contributed by atoms with Crippen molar-refractivity contribution in [2.75, 3.05) is 19.1 Å². The van der Waals surface area contributed by atoms with Crippen molar-refractivity contribution < 1.29 is 9.53 Å². The Labute approximate surface area is 163 Å². The number of carbonyl (C=O) groups is 1. The molecule has 0 aliphatic heterocycles. The van der Waals surface area contributed by atoms with Gasteiger partial charge in [-0.05, 0) is 74.5 Å². The van der Waals surface area contributed by atoms with E-state index in [1.165, 1.54) is 38.5 Å². The highest BCUT2D eigenvalue weighted by atomic mass is 32.1. The zero-order valence-electron chi connectivity index (χ0n) is 15.9. The van der Waals surface area contributed by atoms with E-state index < -0.39 is 0 Å². The van der Waals surface area contributed by atoms with Gasteiger partial charge >= 0.3 is 0 Å². The van der Waals surface area contributed by atoms with Crippen LogP contribution >= 0.6 is 11.3 Å². The second-order valence-electron chi connectivity index (χ2n) is 8.68. The predicted octanol–water partition coefficient (Wildman–Crippen LogP) is 4.29. The first-order valence-electron chi connectivity index (χ1n) is 9.82. The fourth-order valence-electron chi connectivity index (χ4n) is 5.97. The van der Waals surface area contributed by atoms with Crippen molar-refractivity contribution in [3.63, 3.8) is 0 Å². The van der Waals surface area contributed by atoms with Crippen molar-refractivity contribution >= 4 is 22.4 Å². The molecule has 1 aromatic heterocycles. The van der Waals surface area contributed by atoms with Crippen molar-refractivity contribution in [2.45, 2.75) is 43.9 Å². The number of rotatable bonds is 4. The third kappa shape index (κ3) is 2.85. The maximum Gasteiger partial charge on any atom is 0.259 e. The number of anilines is 1. The quantitative estimate of drug-likeness (QED) is 0.790. The second kappa shape index (κ2) is 6.30. The monoisotopic (exact) mass is 383 g/mol. The Bertz CT molecular complexity index is 843. The summed E-state index contributed by atoms with van der Waals surface area (Å²) in [5, 5.41) is 10.8. The number of amides is 1. The van der Waals surface area contributed by atoms with E-state index in [0.717, 1.165) is 22.8 Å². The van der Waals surface area contributed by atoms with Crippen LogP contribution < -0.4 is 9.64 Å². The van der Waals surface area contributed by atoms with Gasteiger partial charge in [0.15, 0.2) is 0 Å². The van der Waals surface area contributed by atoms with Crippen molar-refractivity contribution in [2.24, 2.45) is 17.8 Å². The summed E-state index contributed by atoms with van der Waals surface area (Å²) in [6.45, 7) is 0. The summed E-state index contributed by atoms with van der Waals surface area (Å²) in [4.78, 5) is 14.5. The molecule has 6 heteroatoms. The molecule has 1 amide bonds. The lowest BCUT2D eigenvalue weighted by Gasteiger charge is -2.55. The zero-order valence-corrected chi connectivity index (χ0v) is 16.7. The van der Waals surface area contributed by atoms with E-state index in [9.17, 15) is 4.79 Å². The second-order valence-corrected chi connectivity index (χ2v) is 9.64. The molecule has 142 valence electrons. The number of methoxy groups -OCH3 is 1. The third-order valence-corrected chi connectivity index (χ3v) is 8.06. The van der Waals surface area contributed by atoms with E-state index in [4.69, 9.17) is 4.74 Å². The fourth-order valence-corrected chi connectivity index (χ4v) is 7.00.